The normalized spacial score (nSPS) is 12.9. The molecule has 1 aliphatic rings. The number of ether oxygens (including phenoxy) is 3. The molecule has 2 aromatic carbocycles. The van der Waals surface area contributed by atoms with E-state index in [0.717, 1.165) is 16.6 Å². The highest BCUT2D eigenvalue weighted by Gasteiger charge is 2.19. The highest BCUT2D eigenvalue weighted by Crippen LogP contribution is 2.41. The summed E-state index contributed by atoms with van der Waals surface area (Å²) in [5.41, 5.74) is 5.54. The number of H-pyrrole nitrogens is 1. The molecule has 2 heterocycles. The van der Waals surface area contributed by atoms with E-state index in [0.29, 0.717) is 23.2 Å². The van der Waals surface area contributed by atoms with Gasteiger partial charge in [-0.15, -0.1) is 0 Å². The van der Waals surface area contributed by atoms with Gasteiger partial charge in [-0.2, -0.15) is 5.10 Å². The number of aromatic amines is 1. The summed E-state index contributed by atoms with van der Waals surface area (Å²) in [6, 6.07) is 11.5. The van der Waals surface area contributed by atoms with E-state index in [4.69, 9.17) is 14.2 Å². The average molecular weight is 310 g/mol. The summed E-state index contributed by atoms with van der Waals surface area (Å²) in [5.74, 6) is 2.46. The van der Waals surface area contributed by atoms with Gasteiger partial charge in [-0.3, -0.25) is 0 Å². The molecule has 116 valence electrons. The van der Waals surface area contributed by atoms with Gasteiger partial charge in [0, 0.05) is 5.56 Å². The van der Waals surface area contributed by atoms with E-state index < -0.39 is 0 Å². The van der Waals surface area contributed by atoms with Crippen molar-refractivity contribution in [3.63, 3.8) is 0 Å². The Balaban J connectivity index is 1.54. The molecule has 0 atom stereocenters. The molecule has 0 spiro atoms. The number of hydrazone groups is 1. The molecule has 3 aromatic rings. The summed E-state index contributed by atoms with van der Waals surface area (Å²) < 4.78 is 16.0. The number of aromatic nitrogens is 2. The molecule has 1 aromatic heterocycles. The van der Waals surface area contributed by atoms with Crippen LogP contribution in [-0.4, -0.2) is 30.1 Å². The fourth-order valence-electron chi connectivity index (χ4n) is 2.40. The van der Waals surface area contributed by atoms with Crippen molar-refractivity contribution in [2.45, 2.75) is 0 Å². The Labute approximate surface area is 131 Å². The van der Waals surface area contributed by atoms with E-state index in [1.165, 1.54) is 0 Å². The molecular formula is C16H14N4O3. The molecule has 7 nitrogen and oxygen atoms in total. The molecule has 0 saturated heterocycles. The molecule has 4 rings (SSSR count). The van der Waals surface area contributed by atoms with Crippen LogP contribution in [0.25, 0.3) is 11.0 Å². The Kier molecular flexibility index (Phi) is 3.23. The van der Waals surface area contributed by atoms with Crippen molar-refractivity contribution in [2.75, 3.05) is 19.3 Å². The lowest BCUT2D eigenvalue weighted by molar-refractivity contribution is 0.171. The Morgan fingerprint density at radius 3 is 3.09 bits per heavy atom. The molecule has 7 heteroatoms. The molecule has 0 radical (unpaired) electrons. The van der Waals surface area contributed by atoms with E-state index in [1.807, 2.05) is 36.4 Å². The van der Waals surface area contributed by atoms with Gasteiger partial charge in [-0.25, -0.2) is 10.4 Å². The van der Waals surface area contributed by atoms with E-state index in [1.54, 1.807) is 13.3 Å². The van der Waals surface area contributed by atoms with Gasteiger partial charge < -0.3 is 19.2 Å². The zero-order valence-electron chi connectivity index (χ0n) is 12.4. The fraction of sp³-hybridized carbons (Fsp3) is 0.125. The Morgan fingerprint density at radius 2 is 2.22 bits per heavy atom. The maximum atomic E-state index is 5.38. The van der Waals surface area contributed by atoms with Crippen LogP contribution < -0.4 is 19.6 Å². The second kappa shape index (κ2) is 5.53. The van der Waals surface area contributed by atoms with Gasteiger partial charge in [0.2, 0.25) is 18.5 Å². The second-order valence-corrected chi connectivity index (χ2v) is 4.93. The number of fused-ring (bicyclic) bond motifs is 2. The van der Waals surface area contributed by atoms with Gasteiger partial charge in [0.1, 0.15) is 0 Å². The van der Waals surface area contributed by atoms with Crippen LogP contribution in [-0.2, 0) is 0 Å². The molecule has 0 unspecified atom stereocenters. The van der Waals surface area contributed by atoms with E-state index in [-0.39, 0.29) is 6.79 Å². The number of benzene rings is 2. The average Bonchev–Trinajstić information content (AvgIpc) is 3.19. The van der Waals surface area contributed by atoms with Crippen molar-refractivity contribution in [1.82, 2.24) is 9.97 Å². The zero-order chi connectivity index (χ0) is 15.6. The first-order valence-corrected chi connectivity index (χ1v) is 7.05. The maximum absolute atomic E-state index is 5.38. The van der Waals surface area contributed by atoms with Crippen LogP contribution in [0.2, 0.25) is 0 Å². The van der Waals surface area contributed by atoms with Crippen LogP contribution >= 0.6 is 0 Å². The predicted molar refractivity (Wildman–Crippen MR) is 86.4 cm³/mol. The SMILES string of the molecule is COc1cc(/C=N\Nc2nc3ccccc3[nH]2)cc2c1OCO2. The summed E-state index contributed by atoms with van der Waals surface area (Å²) in [6.07, 6.45) is 1.66. The monoisotopic (exact) mass is 310 g/mol. The minimum Gasteiger partial charge on any atom is -0.493 e. The number of anilines is 1. The smallest absolute Gasteiger partial charge is 0.231 e. The Bertz CT molecular complexity index is 855. The van der Waals surface area contributed by atoms with Gasteiger partial charge >= 0.3 is 0 Å². The van der Waals surface area contributed by atoms with Gasteiger partial charge in [0.05, 0.1) is 24.4 Å². The number of para-hydroxylation sites is 2. The van der Waals surface area contributed by atoms with Crippen LogP contribution in [0.1, 0.15) is 5.56 Å². The zero-order valence-corrected chi connectivity index (χ0v) is 12.4. The van der Waals surface area contributed by atoms with Crippen LogP contribution in [0.3, 0.4) is 0 Å². The van der Waals surface area contributed by atoms with Crippen LogP contribution in [0.4, 0.5) is 5.95 Å². The topological polar surface area (TPSA) is 80.8 Å². The number of hydrogen-bond donors (Lipinski definition) is 2. The lowest BCUT2D eigenvalue weighted by atomic mass is 10.2. The van der Waals surface area contributed by atoms with Crippen LogP contribution in [0.5, 0.6) is 17.2 Å². The lowest BCUT2D eigenvalue weighted by Crippen LogP contribution is -1.94. The van der Waals surface area contributed by atoms with E-state index in [9.17, 15) is 0 Å². The van der Waals surface area contributed by atoms with Crippen molar-refractivity contribution >= 4 is 23.2 Å². The number of hydrogen-bond acceptors (Lipinski definition) is 6. The minimum absolute atomic E-state index is 0.198. The molecule has 0 amide bonds. The maximum Gasteiger partial charge on any atom is 0.231 e. The number of rotatable bonds is 4. The summed E-state index contributed by atoms with van der Waals surface area (Å²) >= 11 is 0. The highest BCUT2D eigenvalue weighted by atomic mass is 16.7. The van der Waals surface area contributed by atoms with Crippen molar-refractivity contribution < 1.29 is 14.2 Å². The van der Waals surface area contributed by atoms with Gasteiger partial charge in [-0.1, -0.05) is 12.1 Å². The van der Waals surface area contributed by atoms with Crippen LogP contribution in [0, 0.1) is 0 Å². The van der Waals surface area contributed by atoms with Crippen molar-refractivity contribution in [3.05, 3.63) is 42.0 Å². The summed E-state index contributed by atoms with van der Waals surface area (Å²) in [5, 5.41) is 4.19. The van der Waals surface area contributed by atoms with Gasteiger partial charge in [0.15, 0.2) is 11.5 Å². The molecule has 0 saturated carbocycles. The van der Waals surface area contributed by atoms with Crippen molar-refractivity contribution in [2.24, 2.45) is 5.10 Å². The Morgan fingerprint density at radius 1 is 1.30 bits per heavy atom. The van der Waals surface area contributed by atoms with Crippen molar-refractivity contribution in [3.8, 4) is 17.2 Å². The standard InChI is InChI=1S/C16H14N4O3/c1-21-13-6-10(7-14-15(13)23-9-22-14)8-17-20-16-18-11-4-2-3-5-12(11)19-16/h2-8H,9H2,1H3,(H2,18,19,20)/b17-8-. The first-order chi connectivity index (χ1) is 11.3. The molecule has 0 fully saturated rings. The summed E-state index contributed by atoms with van der Waals surface area (Å²) in [7, 11) is 1.59. The number of nitrogens with one attached hydrogen (secondary N) is 2. The third-order valence-corrected chi connectivity index (χ3v) is 3.45. The quantitative estimate of drug-likeness (QED) is 0.572. The molecule has 23 heavy (non-hydrogen) atoms. The fourth-order valence-corrected chi connectivity index (χ4v) is 2.40. The third kappa shape index (κ3) is 2.52. The molecular weight excluding hydrogens is 296 g/mol. The molecule has 0 bridgehead atoms. The van der Waals surface area contributed by atoms with Gasteiger partial charge in [0.25, 0.3) is 0 Å². The summed E-state index contributed by atoms with van der Waals surface area (Å²) in [6.45, 7) is 0.198. The molecule has 2 N–H and O–H groups in total. The number of nitrogens with zero attached hydrogens (tertiary/aromatic N) is 2. The summed E-state index contributed by atoms with van der Waals surface area (Å²) in [4.78, 5) is 7.53. The predicted octanol–water partition coefficient (Wildman–Crippen LogP) is 2.75. The molecule has 1 aliphatic heterocycles. The number of methoxy groups -OCH3 is 1. The first kappa shape index (κ1) is 13.4. The van der Waals surface area contributed by atoms with Gasteiger partial charge in [-0.05, 0) is 24.3 Å². The third-order valence-electron chi connectivity index (χ3n) is 3.45. The Hall–Kier alpha value is -3.22. The second-order valence-electron chi connectivity index (χ2n) is 4.93. The van der Waals surface area contributed by atoms with Crippen LogP contribution in [0.15, 0.2) is 41.5 Å². The molecule has 0 aliphatic carbocycles. The first-order valence-electron chi connectivity index (χ1n) is 7.05. The van der Waals surface area contributed by atoms with E-state index >= 15 is 0 Å². The van der Waals surface area contributed by atoms with Crippen molar-refractivity contribution in [1.29, 1.82) is 0 Å². The number of imidazole rings is 1. The lowest BCUT2D eigenvalue weighted by Gasteiger charge is -2.05. The largest absolute Gasteiger partial charge is 0.493 e. The minimum atomic E-state index is 0.198. The van der Waals surface area contributed by atoms with E-state index in [2.05, 4.69) is 20.5 Å². The highest BCUT2D eigenvalue weighted by molar-refractivity contribution is 5.83.